The molecule has 1 aromatic carbocycles. The Balaban J connectivity index is 2.97. The van der Waals surface area contributed by atoms with Gasteiger partial charge in [0.25, 0.3) is 0 Å². The Morgan fingerprint density at radius 1 is 1.38 bits per heavy atom. The molecule has 2 unspecified atom stereocenters. The molecule has 0 amide bonds. The van der Waals surface area contributed by atoms with E-state index in [1.807, 2.05) is 18.8 Å². The zero-order valence-electron chi connectivity index (χ0n) is 10.4. The molecule has 1 rings (SSSR count). The van der Waals surface area contributed by atoms with Crippen LogP contribution in [0.2, 0.25) is 0 Å². The molecule has 0 spiro atoms. The van der Waals surface area contributed by atoms with E-state index >= 15 is 0 Å². The van der Waals surface area contributed by atoms with E-state index in [0.29, 0.717) is 11.3 Å². The molecule has 0 bridgehead atoms. The Hall–Kier alpha value is 0.01000. The number of hydrogen-bond acceptors (Lipinski definition) is 2. The molecule has 1 nitrogen and oxygen atoms in total. The number of hydrogen-bond donors (Lipinski definition) is 1. The van der Waals surface area contributed by atoms with Gasteiger partial charge < -0.3 is 5.32 Å². The second-order valence-corrected chi connectivity index (χ2v) is 6.43. The molecule has 0 saturated heterocycles. The van der Waals surface area contributed by atoms with E-state index in [1.54, 1.807) is 0 Å². The van der Waals surface area contributed by atoms with Crippen LogP contribution in [0, 0.1) is 0 Å². The van der Waals surface area contributed by atoms with Crippen LogP contribution in [0.25, 0.3) is 0 Å². The summed E-state index contributed by atoms with van der Waals surface area (Å²) in [5, 5.41) is 3.98. The standard InChI is InChI=1S/C13H20BrNS/c1-5-9(2)16-13-7-6-11(14)8-12(13)10(3)15-4/h6-10,15H,5H2,1-4H3. The summed E-state index contributed by atoms with van der Waals surface area (Å²) in [7, 11) is 2.00. The first kappa shape index (κ1) is 14.1. The lowest BCUT2D eigenvalue weighted by Crippen LogP contribution is -2.13. The number of benzene rings is 1. The molecule has 0 aromatic heterocycles. The van der Waals surface area contributed by atoms with E-state index < -0.39 is 0 Å². The lowest BCUT2D eigenvalue weighted by molar-refractivity contribution is 0.640. The van der Waals surface area contributed by atoms with Gasteiger partial charge in [-0.1, -0.05) is 29.8 Å². The highest BCUT2D eigenvalue weighted by Crippen LogP contribution is 2.33. The minimum absolute atomic E-state index is 0.393. The van der Waals surface area contributed by atoms with Crippen molar-refractivity contribution in [2.24, 2.45) is 0 Å². The van der Waals surface area contributed by atoms with Crippen molar-refractivity contribution in [1.29, 1.82) is 0 Å². The van der Waals surface area contributed by atoms with Gasteiger partial charge in [-0.25, -0.2) is 0 Å². The molecule has 0 radical (unpaired) electrons. The molecule has 0 saturated carbocycles. The summed E-state index contributed by atoms with van der Waals surface area (Å²) in [4.78, 5) is 1.39. The van der Waals surface area contributed by atoms with Crippen LogP contribution in [0.1, 0.15) is 38.8 Å². The fraction of sp³-hybridized carbons (Fsp3) is 0.538. The molecule has 0 heterocycles. The SMILES string of the molecule is CCC(C)Sc1ccc(Br)cc1C(C)NC. The van der Waals surface area contributed by atoms with E-state index in [0.717, 1.165) is 4.47 Å². The number of thioether (sulfide) groups is 1. The Kier molecular flexibility index (Phi) is 5.87. The van der Waals surface area contributed by atoms with Crippen LogP contribution < -0.4 is 5.32 Å². The third kappa shape index (κ3) is 3.79. The van der Waals surface area contributed by atoms with Gasteiger partial charge in [0, 0.05) is 20.7 Å². The van der Waals surface area contributed by atoms with Gasteiger partial charge in [-0.05, 0) is 44.2 Å². The minimum Gasteiger partial charge on any atom is -0.313 e. The molecule has 0 fully saturated rings. The van der Waals surface area contributed by atoms with E-state index in [-0.39, 0.29) is 0 Å². The van der Waals surface area contributed by atoms with E-state index in [9.17, 15) is 0 Å². The zero-order valence-corrected chi connectivity index (χ0v) is 12.8. The smallest absolute Gasteiger partial charge is 0.0300 e. The van der Waals surface area contributed by atoms with Gasteiger partial charge in [-0.3, -0.25) is 0 Å². The molecular formula is C13H20BrNS. The Labute approximate surface area is 112 Å². The quantitative estimate of drug-likeness (QED) is 0.797. The summed E-state index contributed by atoms with van der Waals surface area (Å²) >= 11 is 5.50. The fourth-order valence-electron chi connectivity index (χ4n) is 1.42. The van der Waals surface area contributed by atoms with Gasteiger partial charge in [0.05, 0.1) is 0 Å². The normalized spacial score (nSPS) is 14.8. The zero-order chi connectivity index (χ0) is 12.1. The maximum atomic E-state index is 3.54. The van der Waals surface area contributed by atoms with Crippen molar-refractivity contribution in [3.63, 3.8) is 0 Å². The van der Waals surface area contributed by atoms with Crippen LogP contribution in [0.15, 0.2) is 27.6 Å². The molecule has 3 heteroatoms. The molecule has 1 aromatic rings. The fourth-order valence-corrected chi connectivity index (χ4v) is 2.92. The molecule has 16 heavy (non-hydrogen) atoms. The first-order chi connectivity index (χ1) is 7.58. The van der Waals surface area contributed by atoms with Crippen LogP contribution in [0.3, 0.4) is 0 Å². The summed E-state index contributed by atoms with van der Waals surface area (Å²) in [6.07, 6.45) is 1.20. The van der Waals surface area contributed by atoms with Gasteiger partial charge in [-0.2, -0.15) is 0 Å². The Morgan fingerprint density at radius 3 is 2.62 bits per heavy atom. The monoisotopic (exact) mass is 301 g/mol. The van der Waals surface area contributed by atoms with Crippen LogP contribution in [0.5, 0.6) is 0 Å². The first-order valence-electron chi connectivity index (χ1n) is 5.71. The summed E-state index contributed by atoms with van der Waals surface area (Å²) in [5.74, 6) is 0. The van der Waals surface area contributed by atoms with Crippen LogP contribution in [0.4, 0.5) is 0 Å². The Morgan fingerprint density at radius 2 is 2.06 bits per heavy atom. The predicted molar refractivity (Wildman–Crippen MR) is 77.2 cm³/mol. The molecule has 0 aliphatic carbocycles. The van der Waals surface area contributed by atoms with Crippen LogP contribution >= 0.6 is 27.7 Å². The number of halogens is 1. The molecular weight excluding hydrogens is 282 g/mol. The summed E-state index contributed by atoms with van der Waals surface area (Å²) in [6.45, 7) is 6.71. The molecule has 90 valence electrons. The van der Waals surface area contributed by atoms with Crippen molar-refractivity contribution < 1.29 is 0 Å². The van der Waals surface area contributed by atoms with Crippen LogP contribution in [-0.2, 0) is 0 Å². The third-order valence-electron chi connectivity index (χ3n) is 2.77. The summed E-state index contributed by atoms with van der Waals surface area (Å²) in [6, 6.07) is 6.94. The number of rotatable bonds is 5. The molecule has 1 N–H and O–H groups in total. The van der Waals surface area contributed by atoms with Crippen molar-refractivity contribution in [2.45, 2.75) is 43.4 Å². The van der Waals surface area contributed by atoms with E-state index in [4.69, 9.17) is 0 Å². The predicted octanol–water partition coefficient (Wildman–Crippen LogP) is 4.62. The average Bonchev–Trinajstić information content (AvgIpc) is 2.30. The highest BCUT2D eigenvalue weighted by Gasteiger charge is 2.12. The summed E-state index contributed by atoms with van der Waals surface area (Å²) in [5.41, 5.74) is 1.38. The van der Waals surface area contributed by atoms with Crippen molar-refractivity contribution in [3.8, 4) is 0 Å². The van der Waals surface area contributed by atoms with Crippen molar-refractivity contribution in [3.05, 3.63) is 28.2 Å². The lowest BCUT2D eigenvalue weighted by Gasteiger charge is -2.18. The highest BCUT2D eigenvalue weighted by molar-refractivity contribution is 9.10. The molecule has 2 atom stereocenters. The second-order valence-electron chi connectivity index (χ2n) is 4.03. The minimum atomic E-state index is 0.393. The highest BCUT2D eigenvalue weighted by atomic mass is 79.9. The third-order valence-corrected chi connectivity index (χ3v) is 4.63. The maximum Gasteiger partial charge on any atom is 0.0300 e. The largest absolute Gasteiger partial charge is 0.313 e. The maximum absolute atomic E-state index is 3.54. The number of nitrogens with one attached hydrogen (secondary N) is 1. The van der Waals surface area contributed by atoms with Crippen LogP contribution in [-0.4, -0.2) is 12.3 Å². The summed E-state index contributed by atoms with van der Waals surface area (Å²) < 4.78 is 1.15. The van der Waals surface area contributed by atoms with E-state index in [1.165, 1.54) is 16.9 Å². The van der Waals surface area contributed by atoms with Crippen molar-refractivity contribution >= 4 is 27.7 Å². The van der Waals surface area contributed by atoms with Crippen molar-refractivity contribution in [1.82, 2.24) is 5.32 Å². The average molecular weight is 302 g/mol. The first-order valence-corrected chi connectivity index (χ1v) is 7.39. The second kappa shape index (κ2) is 6.67. The molecule has 0 aliphatic rings. The molecule has 0 aliphatic heterocycles. The van der Waals surface area contributed by atoms with E-state index in [2.05, 4.69) is 60.2 Å². The lowest BCUT2D eigenvalue weighted by atomic mass is 10.1. The van der Waals surface area contributed by atoms with Gasteiger partial charge in [0.15, 0.2) is 0 Å². The van der Waals surface area contributed by atoms with Gasteiger partial charge in [-0.15, -0.1) is 11.8 Å². The topological polar surface area (TPSA) is 12.0 Å². The van der Waals surface area contributed by atoms with Gasteiger partial charge in [0.2, 0.25) is 0 Å². The Bertz CT molecular complexity index is 341. The van der Waals surface area contributed by atoms with Gasteiger partial charge >= 0.3 is 0 Å². The van der Waals surface area contributed by atoms with Gasteiger partial charge in [0.1, 0.15) is 0 Å². The van der Waals surface area contributed by atoms with Crippen molar-refractivity contribution in [2.75, 3.05) is 7.05 Å².